The Kier molecular flexibility index (Phi) is 4.37. The maximum Gasteiger partial charge on any atom is 0.228 e. The molecule has 3 rings (SSSR count). The van der Waals surface area contributed by atoms with Crippen molar-refractivity contribution in [3.8, 4) is 10.7 Å². The van der Waals surface area contributed by atoms with Gasteiger partial charge in [0.05, 0.1) is 10.4 Å². The fourth-order valence-corrected chi connectivity index (χ4v) is 2.72. The molecule has 108 valence electrons. The van der Waals surface area contributed by atoms with Crippen LogP contribution in [-0.4, -0.2) is 21.7 Å². The quantitative estimate of drug-likeness (QED) is 0.758. The highest BCUT2D eigenvalue weighted by Crippen LogP contribution is 2.22. The van der Waals surface area contributed by atoms with Crippen LogP contribution in [0, 0.1) is 0 Å². The molecule has 0 amide bonds. The molecule has 0 saturated carbocycles. The summed E-state index contributed by atoms with van der Waals surface area (Å²) in [5, 5.41) is 7.48. The molecule has 0 aliphatic rings. The number of aromatic nitrogens is 3. The second kappa shape index (κ2) is 6.60. The van der Waals surface area contributed by atoms with Gasteiger partial charge in [-0.3, -0.25) is 4.98 Å². The minimum Gasteiger partial charge on any atom is -0.339 e. The molecule has 2 aromatic heterocycles. The average Bonchev–Trinajstić information content (AvgIpc) is 3.19. The molecule has 1 aromatic carbocycles. The molecule has 0 spiro atoms. The molecule has 6 heteroatoms. The molecule has 0 saturated heterocycles. The van der Waals surface area contributed by atoms with Crippen molar-refractivity contribution in [3.63, 3.8) is 0 Å². The lowest BCUT2D eigenvalue weighted by Crippen LogP contribution is -2.23. The number of thiazole rings is 1. The first-order chi connectivity index (χ1) is 10.4. The number of nitrogens with zero attached hydrogens (tertiary/aromatic N) is 3. The van der Waals surface area contributed by atoms with E-state index in [4.69, 9.17) is 4.52 Å². The number of hydrogen-bond acceptors (Lipinski definition) is 6. The summed E-state index contributed by atoms with van der Waals surface area (Å²) in [6.45, 7) is 2.97. The molecule has 3 aromatic rings. The average molecular weight is 300 g/mol. The maximum absolute atomic E-state index is 5.36. The Bertz CT molecular complexity index is 666. The number of benzene rings is 1. The minimum atomic E-state index is 0.172. The van der Waals surface area contributed by atoms with Crippen LogP contribution in [0.4, 0.5) is 0 Å². The van der Waals surface area contributed by atoms with E-state index >= 15 is 0 Å². The molecule has 0 radical (unpaired) electrons. The van der Waals surface area contributed by atoms with Crippen molar-refractivity contribution >= 4 is 11.3 Å². The predicted octanol–water partition coefficient (Wildman–Crippen LogP) is 3.09. The summed E-state index contributed by atoms with van der Waals surface area (Å²) >= 11 is 1.50. The van der Waals surface area contributed by atoms with Crippen LogP contribution < -0.4 is 5.32 Å². The summed E-state index contributed by atoms with van der Waals surface area (Å²) in [4.78, 5) is 9.40. The van der Waals surface area contributed by atoms with Gasteiger partial charge in [-0.25, -0.2) is 0 Å². The Balaban J connectivity index is 1.77. The summed E-state index contributed by atoms with van der Waals surface area (Å²) in [5.41, 5.74) is 2.98. The lowest BCUT2D eigenvalue weighted by molar-refractivity contribution is 0.360. The fourth-order valence-electron chi connectivity index (χ4n) is 2.18. The summed E-state index contributed by atoms with van der Waals surface area (Å²) in [5.74, 6) is 1.24. The maximum atomic E-state index is 5.36. The van der Waals surface area contributed by atoms with Crippen LogP contribution in [0.2, 0.25) is 0 Å². The second-order valence-electron chi connectivity index (χ2n) is 4.60. The highest BCUT2D eigenvalue weighted by Gasteiger charge is 2.16. The highest BCUT2D eigenvalue weighted by molar-refractivity contribution is 7.13. The molecule has 1 unspecified atom stereocenters. The first-order valence-electron chi connectivity index (χ1n) is 6.86. The van der Waals surface area contributed by atoms with E-state index < -0.39 is 0 Å². The number of nitrogens with one attached hydrogen (secondary N) is 1. The van der Waals surface area contributed by atoms with Crippen molar-refractivity contribution in [1.29, 1.82) is 0 Å². The summed E-state index contributed by atoms with van der Waals surface area (Å²) in [6, 6.07) is 10.5. The van der Waals surface area contributed by atoms with E-state index in [1.165, 1.54) is 16.9 Å². The number of likely N-dealkylation sites (N-methyl/N-ethyl adjacent to an activating group) is 1. The van der Waals surface area contributed by atoms with E-state index in [0.717, 1.165) is 11.4 Å². The van der Waals surface area contributed by atoms with E-state index in [2.05, 4.69) is 39.5 Å². The van der Waals surface area contributed by atoms with Crippen LogP contribution in [0.1, 0.15) is 24.4 Å². The number of rotatable bonds is 6. The molecule has 1 atom stereocenters. The van der Waals surface area contributed by atoms with Gasteiger partial charge in [-0.05, 0) is 12.1 Å². The Morgan fingerprint density at radius 2 is 2.14 bits per heavy atom. The SMILES string of the molecule is CCNC(Cc1nc(-c2cncs2)no1)c1ccccc1. The minimum absolute atomic E-state index is 0.172. The lowest BCUT2D eigenvalue weighted by atomic mass is 10.0. The molecule has 0 aliphatic carbocycles. The first kappa shape index (κ1) is 13.9. The molecule has 2 heterocycles. The molecule has 0 fully saturated rings. The van der Waals surface area contributed by atoms with Crippen molar-refractivity contribution in [2.24, 2.45) is 0 Å². The number of hydrogen-bond donors (Lipinski definition) is 1. The van der Waals surface area contributed by atoms with Crippen LogP contribution in [0.3, 0.4) is 0 Å². The Morgan fingerprint density at radius 1 is 1.29 bits per heavy atom. The highest BCUT2D eigenvalue weighted by atomic mass is 32.1. The molecular formula is C15H16N4OS. The van der Waals surface area contributed by atoms with Crippen LogP contribution in [-0.2, 0) is 6.42 Å². The second-order valence-corrected chi connectivity index (χ2v) is 5.49. The normalized spacial score (nSPS) is 12.4. The first-order valence-corrected chi connectivity index (χ1v) is 7.74. The molecule has 0 bridgehead atoms. The van der Waals surface area contributed by atoms with Crippen molar-refractivity contribution in [3.05, 3.63) is 53.5 Å². The van der Waals surface area contributed by atoms with Gasteiger partial charge in [0.1, 0.15) is 0 Å². The Labute approximate surface area is 127 Å². The van der Waals surface area contributed by atoms with Gasteiger partial charge in [0.25, 0.3) is 0 Å². The van der Waals surface area contributed by atoms with E-state index in [9.17, 15) is 0 Å². The third kappa shape index (κ3) is 3.34. The molecule has 5 nitrogen and oxygen atoms in total. The standard InChI is InChI=1S/C15H16N4OS/c1-2-17-12(11-6-4-3-5-7-11)8-14-18-15(19-20-14)13-9-16-10-21-13/h3-7,9-10,12,17H,2,8H2,1H3. The topological polar surface area (TPSA) is 63.8 Å². The van der Waals surface area contributed by atoms with E-state index in [0.29, 0.717) is 18.1 Å². The van der Waals surface area contributed by atoms with Crippen molar-refractivity contribution < 1.29 is 4.52 Å². The van der Waals surface area contributed by atoms with E-state index in [-0.39, 0.29) is 6.04 Å². The zero-order chi connectivity index (χ0) is 14.5. The molecule has 0 aliphatic heterocycles. The third-order valence-electron chi connectivity index (χ3n) is 3.15. The largest absolute Gasteiger partial charge is 0.339 e. The van der Waals surface area contributed by atoms with Gasteiger partial charge >= 0.3 is 0 Å². The summed E-state index contributed by atoms with van der Waals surface area (Å²) < 4.78 is 5.36. The molecule has 21 heavy (non-hydrogen) atoms. The van der Waals surface area contributed by atoms with Gasteiger partial charge in [-0.2, -0.15) is 4.98 Å². The molecular weight excluding hydrogens is 284 g/mol. The van der Waals surface area contributed by atoms with Crippen LogP contribution >= 0.6 is 11.3 Å². The van der Waals surface area contributed by atoms with Gasteiger partial charge in [-0.15, -0.1) is 11.3 Å². The van der Waals surface area contributed by atoms with Gasteiger partial charge < -0.3 is 9.84 Å². The van der Waals surface area contributed by atoms with Crippen LogP contribution in [0.15, 0.2) is 46.6 Å². The zero-order valence-corrected chi connectivity index (χ0v) is 12.5. The van der Waals surface area contributed by atoms with Gasteiger partial charge in [0.15, 0.2) is 0 Å². The monoisotopic (exact) mass is 300 g/mol. The van der Waals surface area contributed by atoms with Gasteiger partial charge in [0.2, 0.25) is 11.7 Å². The van der Waals surface area contributed by atoms with Gasteiger partial charge in [0, 0.05) is 18.7 Å². The van der Waals surface area contributed by atoms with Crippen molar-refractivity contribution in [2.45, 2.75) is 19.4 Å². The van der Waals surface area contributed by atoms with E-state index in [1.54, 1.807) is 11.7 Å². The van der Waals surface area contributed by atoms with Crippen molar-refractivity contribution in [2.75, 3.05) is 6.54 Å². The van der Waals surface area contributed by atoms with Crippen LogP contribution in [0.25, 0.3) is 10.7 Å². The zero-order valence-electron chi connectivity index (χ0n) is 11.7. The molecule has 1 N–H and O–H groups in total. The van der Waals surface area contributed by atoms with Gasteiger partial charge in [-0.1, -0.05) is 42.4 Å². The Hall–Kier alpha value is -2.05. The van der Waals surface area contributed by atoms with Crippen LogP contribution in [0.5, 0.6) is 0 Å². The summed E-state index contributed by atoms with van der Waals surface area (Å²) in [6.07, 6.45) is 2.42. The van der Waals surface area contributed by atoms with Crippen molar-refractivity contribution in [1.82, 2.24) is 20.4 Å². The lowest BCUT2D eigenvalue weighted by Gasteiger charge is -2.16. The third-order valence-corrected chi connectivity index (χ3v) is 3.92. The Morgan fingerprint density at radius 3 is 2.86 bits per heavy atom. The smallest absolute Gasteiger partial charge is 0.228 e. The van der Waals surface area contributed by atoms with E-state index in [1.807, 2.05) is 18.2 Å². The predicted molar refractivity (Wildman–Crippen MR) is 82.0 cm³/mol. The summed E-state index contributed by atoms with van der Waals surface area (Å²) in [7, 11) is 0. The fraction of sp³-hybridized carbons (Fsp3) is 0.267.